The van der Waals surface area contributed by atoms with Crippen molar-refractivity contribution in [3.63, 3.8) is 0 Å². The minimum Gasteiger partial charge on any atom is -0.477 e. The molecule has 3 rings (SSSR count). The van der Waals surface area contributed by atoms with Gasteiger partial charge in [0.15, 0.2) is 0 Å². The fraction of sp³-hybridized carbons (Fsp3) is 0.316. The Bertz CT molecular complexity index is 764. The minimum absolute atomic E-state index is 0.0658. The Kier molecular flexibility index (Phi) is 4.97. The molecule has 0 radical (unpaired) electrons. The van der Waals surface area contributed by atoms with Crippen LogP contribution in [-0.2, 0) is 4.79 Å². The fourth-order valence-electron chi connectivity index (χ4n) is 3.03. The Morgan fingerprint density at radius 1 is 1.28 bits per heavy atom. The maximum Gasteiger partial charge on any atom is 0.259 e. The third-order valence-corrected chi connectivity index (χ3v) is 4.32. The van der Waals surface area contributed by atoms with Crippen molar-refractivity contribution < 1.29 is 14.3 Å². The summed E-state index contributed by atoms with van der Waals surface area (Å²) >= 11 is 0. The van der Waals surface area contributed by atoms with E-state index in [0.29, 0.717) is 31.0 Å². The molecular formula is C19H21N3O3. The first-order valence-corrected chi connectivity index (χ1v) is 8.35. The molecule has 1 fully saturated rings. The van der Waals surface area contributed by atoms with Crippen LogP contribution in [0.25, 0.3) is 0 Å². The lowest BCUT2D eigenvalue weighted by atomic mass is 10.1. The zero-order chi connectivity index (χ0) is 17.8. The molecule has 6 nitrogen and oxygen atoms in total. The number of carbonyl (C=O) groups excluding carboxylic acids is 2. The number of amides is 2. The van der Waals surface area contributed by atoms with Crippen molar-refractivity contribution in [3.8, 4) is 5.88 Å². The topological polar surface area (TPSA) is 62.7 Å². The number of para-hydroxylation sites is 1. The summed E-state index contributed by atoms with van der Waals surface area (Å²) in [5, 5.41) is 0. The molecule has 0 unspecified atom stereocenters. The summed E-state index contributed by atoms with van der Waals surface area (Å²) in [5.41, 5.74) is 1.23. The molecule has 0 spiro atoms. The highest BCUT2D eigenvalue weighted by Crippen LogP contribution is 2.25. The summed E-state index contributed by atoms with van der Waals surface area (Å²) in [6.45, 7) is 2.85. The molecule has 2 aromatic rings. The first kappa shape index (κ1) is 17.0. The molecule has 1 aromatic heterocycles. The molecule has 0 saturated carbocycles. The zero-order valence-electron chi connectivity index (χ0n) is 14.4. The average Bonchev–Trinajstić information content (AvgIpc) is 3.03. The number of aromatic nitrogens is 1. The van der Waals surface area contributed by atoms with E-state index in [9.17, 15) is 9.59 Å². The van der Waals surface area contributed by atoms with E-state index in [4.69, 9.17) is 4.74 Å². The molecule has 0 aliphatic carbocycles. The summed E-state index contributed by atoms with van der Waals surface area (Å²) in [6, 6.07) is 12.4. The van der Waals surface area contributed by atoms with Gasteiger partial charge in [-0.1, -0.05) is 18.2 Å². The van der Waals surface area contributed by atoms with Crippen molar-refractivity contribution in [2.24, 2.45) is 0 Å². The Morgan fingerprint density at radius 2 is 2.04 bits per heavy atom. The number of carbonyl (C=O) groups is 2. The molecule has 2 heterocycles. The van der Waals surface area contributed by atoms with Gasteiger partial charge in [-0.3, -0.25) is 9.59 Å². The van der Waals surface area contributed by atoms with E-state index in [0.717, 1.165) is 5.69 Å². The Labute approximate surface area is 147 Å². The fourth-order valence-corrected chi connectivity index (χ4v) is 3.03. The van der Waals surface area contributed by atoms with Gasteiger partial charge >= 0.3 is 0 Å². The lowest BCUT2D eigenvalue weighted by Crippen LogP contribution is -2.43. The molecule has 1 aliphatic heterocycles. The molecular weight excluding hydrogens is 318 g/mol. The van der Waals surface area contributed by atoms with E-state index in [-0.39, 0.29) is 11.8 Å². The zero-order valence-corrected chi connectivity index (χ0v) is 14.4. The first-order valence-electron chi connectivity index (χ1n) is 8.35. The van der Waals surface area contributed by atoms with Crippen molar-refractivity contribution in [2.75, 3.05) is 25.1 Å². The molecule has 2 amide bonds. The van der Waals surface area contributed by atoms with Gasteiger partial charge in [-0.15, -0.1) is 0 Å². The van der Waals surface area contributed by atoms with Crippen molar-refractivity contribution >= 4 is 17.5 Å². The number of ether oxygens (including phenoxy) is 1. The van der Waals surface area contributed by atoms with Gasteiger partial charge in [-0.2, -0.15) is 0 Å². The smallest absolute Gasteiger partial charge is 0.259 e. The Hall–Kier alpha value is -2.89. The summed E-state index contributed by atoms with van der Waals surface area (Å²) < 4.78 is 5.43. The van der Waals surface area contributed by atoms with Gasteiger partial charge in [-0.05, 0) is 37.6 Å². The number of anilines is 1. The molecule has 1 saturated heterocycles. The van der Waals surface area contributed by atoms with Crippen LogP contribution in [0.4, 0.5) is 5.69 Å². The number of rotatable bonds is 5. The Morgan fingerprint density at radius 3 is 2.76 bits per heavy atom. The maximum absolute atomic E-state index is 12.9. The van der Waals surface area contributed by atoms with E-state index in [1.54, 1.807) is 30.3 Å². The van der Waals surface area contributed by atoms with Gasteiger partial charge in [0.1, 0.15) is 11.6 Å². The monoisotopic (exact) mass is 339 g/mol. The van der Waals surface area contributed by atoms with Gasteiger partial charge in [0.05, 0.1) is 6.61 Å². The highest BCUT2D eigenvalue weighted by Gasteiger charge is 2.37. The molecule has 130 valence electrons. The van der Waals surface area contributed by atoms with Gasteiger partial charge < -0.3 is 14.5 Å². The molecule has 1 aliphatic rings. The standard InChI is InChI=1S/C19H21N3O3/c1-3-25-17-15(10-7-12-20-17)18(23)21(2)16-11-13-22(19(16)24)14-8-5-4-6-9-14/h4-10,12,16H,3,11,13H2,1-2H3/t16-/m1/s1. The van der Waals surface area contributed by atoms with Gasteiger partial charge in [0.25, 0.3) is 5.91 Å². The van der Waals surface area contributed by atoms with Crippen LogP contribution in [0.3, 0.4) is 0 Å². The number of hydrogen-bond acceptors (Lipinski definition) is 4. The third-order valence-electron chi connectivity index (χ3n) is 4.32. The SMILES string of the molecule is CCOc1ncccc1C(=O)N(C)[C@@H]1CCN(c2ccccc2)C1=O. The van der Waals surface area contributed by atoms with E-state index in [1.165, 1.54) is 4.90 Å². The Balaban J connectivity index is 1.79. The molecule has 1 aromatic carbocycles. The van der Waals surface area contributed by atoms with Crippen LogP contribution in [-0.4, -0.2) is 47.9 Å². The van der Waals surface area contributed by atoms with Crippen molar-refractivity contribution in [1.29, 1.82) is 0 Å². The predicted molar refractivity (Wildman–Crippen MR) is 94.7 cm³/mol. The van der Waals surface area contributed by atoms with Gasteiger partial charge in [-0.25, -0.2) is 4.98 Å². The molecule has 25 heavy (non-hydrogen) atoms. The maximum atomic E-state index is 12.9. The second-order valence-electron chi connectivity index (χ2n) is 5.84. The molecule has 0 N–H and O–H groups in total. The van der Waals surface area contributed by atoms with Crippen molar-refractivity contribution in [2.45, 2.75) is 19.4 Å². The predicted octanol–water partition coefficient (Wildman–Crippen LogP) is 2.36. The quantitative estimate of drug-likeness (QED) is 0.839. The van der Waals surface area contributed by atoms with E-state index < -0.39 is 6.04 Å². The number of benzene rings is 1. The number of pyridine rings is 1. The lowest BCUT2D eigenvalue weighted by molar-refractivity contribution is -0.120. The van der Waals surface area contributed by atoms with Crippen LogP contribution in [0.2, 0.25) is 0 Å². The van der Waals surface area contributed by atoms with Gasteiger partial charge in [0.2, 0.25) is 11.8 Å². The third kappa shape index (κ3) is 3.33. The highest BCUT2D eigenvalue weighted by atomic mass is 16.5. The second-order valence-corrected chi connectivity index (χ2v) is 5.84. The molecule has 1 atom stereocenters. The first-order chi connectivity index (χ1) is 12.1. The van der Waals surface area contributed by atoms with E-state index >= 15 is 0 Å². The summed E-state index contributed by atoms with van der Waals surface area (Å²) in [4.78, 5) is 33.0. The second kappa shape index (κ2) is 7.34. The van der Waals surface area contributed by atoms with Crippen molar-refractivity contribution in [3.05, 3.63) is 54.2 Å². The van der Waals surface area contributed by atoms with E-state index in [2.05, 4.69) is 4.98 Å². The van der Waals surface area contributed by atoms with Gasteiger partial charge in [0, 0.05) is 25.5 Å². The largest absolute Gasteiger partial charge is 0.477 e. The summed E-state index contributed by atoms with van der Waals surface area (Å²) in [6.07, 6.45) is 2.18. The summed E-state index contributed by atoms with van der Waals surface area (Å²) in [5.74, 6) is -0.0269. The van der Waals surface area contributed by atoms with Crippen LogP contribution < -0.4 is 9.64 Å². The van der Waals surface area contributed by atoms with Crippen LogP contribution in [0.15, 0.2) is 48.7 Å². The van der Waals surface area contributed by atoms with E-state index in [1.807, 2.05) is 37.3 Å². The van der Waals surface area contributed by atoms with Crippen molar-refractivity contribution in [1.82, 2.24) is 9.88 Å². The number of nitrogens with zero attached hydrogens (tertiary/aromatic N) is 3. The normalized spacial score (nSPS) is 16.8. The van der Waals surface area contributed by atoms with Crippen LogP contribution in [0.1, 0.15) is 23.7 Å². The number of hydrogen-bond donors (Lipinski definition) is 0. The minimum atomic E-state index is -0.484. The van der Waals surface area contributed by atoms with Crippen LogP contribution in [0.5, 0.6) is 5.88 Å². The molecule has 0 bridgehead atoms. The van der Waals surface area contributed by atoms with Crippen LogP contribution in [0, 0.1) is 0 Å². The highest BCUT2D eigenvalue weighted by molar-refractivity contribution is 6.04. The number of likely N-dealkylation sites (N-methyl/N-ethyl adjacent to an activating group) is 1. The van der Waals surface area contributed by atoms with Crippen LogP contribution >= 0.6 is 0 Å². The molecule has 6 heteroatoms. The average molecular weight is 339 g/mol. The summed E-state index contributed by atoms with van der Waals surface area (Å²) in [7, 11) is 1.65. The lowest BCUT2D eigenvalue weighted by Gasteiger charge is -2.24.